The summed E-state index contributed by atoms with van der Waals surface area (Å²) in [5.41, 5.74) is 4.54. The molecule has 0 saturated carbocycles. The molecule has 7 nitrogen and oxygen atoms in total. The van der Waals surface area contributed by atoms with Gasteiger partial charge >= 0.3 is 0 Å². The Labute approximate surface area is 157 Å². The van der Waals surface area contributed by atoms with E-state index in [1.54, 1.807) is 11.6 Å². The molecular formula is C17H19ClN4O3S. The number of rotatable bonds is 5. The van der Waals surface area contributed by atoms with E-state index in [4.69, 9.17) is 11.6 Å². The Hall–Kier alpha value is -2.19. The predicted molar refractivity (Wildman–Crippen MR) is 100 cm³/mol. The van der Waals surface area contributed by atoms with Crippen LogP contribution in [0.3, 0.4) is 0 Å². The number of halogens is 1. The molecule has 0 radical (unpaired) electrons. The molecule has 1 atom stereocenters. The van der Waals surface area contributed by atoms with Crippen molar-refractivity contribution in [2.75, 3.05) is 11.5 Å². The average molecular weight is 395 g/mol. The molecule has 1 fully saturated rings. The Morgan fingerprint density at radius 1 is 1.42 bits per heavy atom. The number of benzene rings is 1. The van der Waals surface area contributed by atoms with Gasteiger partial charge in [0.05, 0.1) is 34.7 Å². The molecule has 0 bridgehead atoms. The van der Waals surface area contributed by atoms with Crippen LogP contribution in [0.15, 0.2) is 35.4 Å². The topological polar surface area (TPSA) is 93.4 Å². The number of para-hydroxylation sites is 1. The summed E-state index contributed by atoms with van der Waals surface area (Å²) >= 11 is 6.38. The van der Waals surface area contributed by atoms with Crippen molar-refractivity contribution in [1.82, 2.24) is 15.2 Å². The molecule has 1 saturated heterocycles. The molecule has 1 N–H and O–H groups in total. The van der Waals surface area contributed by atoms with Crippen LogP contribution in [0.5, 0.6) is 0 Å². The van der Waals surface area contributed by atoms with Crippen LogP contribution in [-0.4, -0.2) is 41.8 Å². The van der Waals surface area contributed by atoms with E-state index in [2.05, 4.69) is 15.6 Å². The molecule has 1 aromatic carbocycles. The molecule has 1 amide bonds. The zero-order chi connectivity index (χ0) is 18.7. The van der Waals surface area contributed by atoms with Gasteiger partial charge in [-0.1, -0.05) is 29.8 Å². The predicted octanol–water partition coefficient (Wildman–Crippen LogP) is 2.11. The van der Waals surface area contributed by atoms with Gasteiger partial charge in [0.15, 0.2) is 9.84 Å². The van der Waals surface area contributed by atoms with E-state index in [9.17, 15) is 13.2 Å². The zero-order valence-electron chi connectivity index (χ0n) is 14.2. The Kier molecular flexibility index (Phi) is 5.43. The first kappa shape index (κ1) is 18.6. The van der Waals surface area contributed by atoms with E-state index < -0.39 is 9.84 Å². The second-order valence-electron chi connectivity index (χ2n) is 6.30. The Balaban J connectivity index is 1.64. The lowest BCUT2D eigenvalue weighted by Crippen LogP contribution is -2.21. The van der Waals surface area contributed by atoms with E-state index in [0.717, 1.165) is 5.69 Å². The Morgan fingerprint density at radius 3 is 2.81 bits per heavy atom. The summed E-state index contributed by atoms with van der Waals surface area (Å²) in [6.45, 7) is 1.80. The number of carbonyl (C=O) groups is 1. The van der Waals surface area contributed by atoms with E-state index in [0.29, 0.717) is 22.8 Å². The smallest absolute Gasteiger partial charge is 0.240 e. The number of aryl methyl sites for hydroxylation is 1. The van der Waals surface area contributed by atoms with Crippen molar-refractivity contribution >= 4 is 33.6 Å². The van der Waals surface area contributed by atoms with Gasteiger partial charge in [-0.2, -0.15) is 10.2 Å². The normalized spacial score (nSPS) is 19.1. The summed E-state index contributed by atoms with van der Waals surface area (Å²) in [4.78, 5) is 11.9. The molecule has 0 spiro atoms. The van der Waals surface area contributed by atoms with E-state index >= 15 is 0 Å². The number of hydrogen-bond acceptors (Lipinski definition) is 5. The van der Waals surface area contributed by atoms with Crippen LogP contribution in [0, 0.1) is 12.8 Å². The minimum absolute atomic E-state index is 0.0684. The molecule has 2 heterocycles. The third kappa shape index (κ3) is 4.31. The molecule has 3 rings (SSSR count). The number of nitrogens with one attached hydrogen (secondary N) is 1. The van der Waals surface area contributed by atoms with Gasteiger partial charge in [-0.3, -0.25) is 4.79 Å². The number of hydrazone groups is 1. The minimum atomic E-state index is -2.99. The van der Waals surface area contributed by atoms with Crippen molar-refractivity contribution in [1.29, 1.82) is 0 Å². The molecule has 0 aliphatic carbocycles. The molecule has 2 aromatic rings. The average Bonchev–Trinajstić information content (AvgIpc) is 3.08. The van der Waals surface area contributed by atoms with Crippen LogP contribution in [0.2, 0.25) is 5.15 Å². The second-order valence-corrected chi connectivity index (χ2v) is 8.89. The van der Waals surface area contributed by atoms with Gasteiger partial charge in [-0.05, 0) is 31.4 Å². The van der Waals surface area contributed by atoms with Crippen molar-refractivity contribution in [3.05, 3.63) is 46.7 Å². The van der Waals surface area contributed by atoms with Crippen molar-refractivity contribution < 1.29 is 13.2 Å². The standard InChI is InChI=1S/C17H19ClN4O3S/c1-12-15(17(18)22(21-12)14-5-3-2-4-6-14)10-19-20-16(23)9-13-7-8-26(24,25)11-13/h2-6,10,13H,7-9,11H2,1H3,(H,20,23)/b19-10-/t13-/m0/s1. The minimum Gasteiger partial charge on any atom is -0.273 e. The van der Waals surface area contributed by atoms with E-state index in [1.165, 1.54) is 6.21 Å². The van der Waals surface area contributed by atoms with Crippen LogP contribution in [0.4, 0.5) is 0 Å². The number of amides is 1. The van der Waals surface area contributed by atoms with Crippen LogP contribution < -0.4 is 5.43 Å². The van der Waals surface area contributed by atoms with Gasteiger partial charge < -0.3 is 0 Å². The number of nitrogens with zero attached hydrogens (tertiary/aromatic N) is 3. The largest absolute Gasteiger partial charge is 0.273 e. The maximum Gasteiger partial charge on any atom is 0.240 e. The Morgan fingerprint density at radius 2 is 2.15 bits per heavy atom. The van der Waals surface area contributed by atoms with Crippen LogP contribution in [0.25, 0.3) is 5.69 Å². The first-order chi connectivity index (χ1) is 12.4. The van der Waals surface area contributed by atoms with Gasteiger partial charge in [0.2, 0.25) is 5.91 Å². The summed E-state index contributed by atoms with van der Waals surface area (Å²) in [6.07, 6.45) is 2.12. The van der Waals surface area contributed by atoms with Gasteiger partial charge in [0, 0.05) is 6.42 Å². The third-order valence-electron chi connectivity index (χ3n) is 4.23. The highest BCUT2D eigenvalue weighted by atomic mass is 35.5. The molecule has 138 valence electrons. The van der Waals surface area contributed by atoms with Gasteiger partial charge in [-0.25, -0.2) is 18.5 Å². The third-order valence-corrected chi connectivity index (χ3v) is 6.43. The number of sulfone groups is 1. The maximum atomic E-state index is 11.9. The molecule has 1 aliphatic heterocycles. The number of aromatic nitrogens is 2. The highest BCUT2D eigenvalue weighted by Crippen LogP contribution is 2.22. The summed E-state index contributed by atoms with van der Waals surface area (Å²) in [7, 11) is -2.99. The lowest BCUT2D eigenvalue weighted by Gasteiger charge is -2.05. The lowest BCUT2D eigenvalue weighted by molar-refractivity contribution is -0.121. The van der Waals surface area contributed by atoms with Gasteiger partial charge in [-0.15, -0.1) is 0 Å². The summed E-state index contributed by atoms with van der Waals surface area (Å²) in [6, 6.07) is 9.45. The summed E-state index contributed by atoms with van der Waals surface area (Å²) < 4.78 is 24.5. The summed E-state index contributed by atoms with van der Waals surface area (Å²) in [5, 5.41) is 8.73. The number of hydrogen-bond donors (Lipinski definition) is 1. The fourth-order valence-electron chi connectivity index (χ4n) is 2.91. The van der Waals surface area contributed by atoms with Crippen LogP contribution in [0.1, 0.15) is 24.1 Å². The highest BCUT2D eigenvalue weighted by molar-refractivity contribution is 7.91. The Bertz CT molecular complexity index is 938. The highest BCUT2D eigenvalue weighted by Gasteiger charge is 2.29. The first-order valence-corrected chi connectivity index (χ1v) is 10.4. The van der Waals surface area contributed by atoms with Crippen molar-refractivity contribution in [3.63, 3.8) is 0 Å². The maximum absolute atomic E-state index is 11.9. The molecular weight excluding hydrogens is 376 g/mol. The van der Waals surface area contributed by atoms with Gasteiger partial charge in [0.25, 0.3) is 0 Å². The SMILES string of the molecule is Cc1nn(-c2ccccc2)c(Cl)c1/C=N\NC(=O)C[C@@H]1CCS(=O)(=O)C1. The second kappa shape index (κ2) is 7.59. The summed E-state index contributed by atoms with van der Waals surface area (Å²) in [5.74, 6) is -0.227. The number of carbonyl (C=O) groups excluding carboxylic acids is 1. The molecule has 1 aromatic heterocycles. The van der Waals surface area contributed by atoms with Gasteiger partial charge in [0.1, 0.15) is 5.15 Å². The zero-order valence-corrected chi connectivity index (χ0v) is 15.8. The van der Waals surface area contributed by atoms with Crippen LogP contribution >= 0.6 is 11.6 Å². The first-order valence-electron chi connectivity index (χ1n) is 8.18. The van der Waals surface area contributed by atoms with Crippen molar-refractivity contribution in [3.8, 4) is 5.69 Å². The quantitative estimate of drug-likeness (QED) is 0.620. The molecule has 1 aliphatic rings. The lowest BCUT2D eigenvalue weighted by atomic mass is 10.1. The molecule has 9 heteroatoms. The van der Waals surface area contributed by atoms with E-state index in [1.807, 2.05) is 30.3 Å². The monoisotopic (exact) mass is 394 g/mol. The molecule has 0 unspecified atom stereocenters. The van der Waals surface area contributed by atoms with E-state index in [-0.39, 0.29) is 29.8 Å². The van der Waals surface area contributed by atoms with Crippen molar-refractivity contribution in [2.24, 2.45) is 11.0 Å². The molecule has 26 heavy (non-hydrogen) atoms. The van der Waals surface area contributed by atoms with Crippen molar-refractivity contribution in [2.45, 2.75) is 19.8 Å². The fraction of sp³-hybridized carbons (Fsp3) is 0.353. The van der Waals surface area contributed by atoms with Crippen LogP contribution in [-0.2, 0) is 14.6 Å². The fourth-order valence-corrected chi connectivity index (χ4v) is 5.09.